The van der Waals surface area contributed by atoms with Gasteiger partial charge in [-0.25, -0.2) is 9.37 Å². The highest BCUT2D eigenvalue weighted by atomic mass is 19.4. The SMILES string of the molecule is Fc1cccnc1NCC1CCN(CC(F)(F)F)C1. The van der Waals surface area contributed by atoms with E-state index in [1.807, 2.05) is 0 Å². The summed E-state index contributed by atoms with van der Waals surface area (Å²) in [7, 11) is 0. The van der Waals surface area contributed by atoms with Crippen LogP contribution in [-0.4, -0.2) is 42.2 Å². The van der Waals surface area contributed by atoms with Crippen LogP contribution in [0.15, 0.2) is 18.3 Å². The number of nitrogens with zero attached hydrogens (tertiary/aromatic N) is 2. The molecule has 0 aromatic carbocycles. The number of nitrogens with one attached hydrogen (secondary N) is 1. The molecule has 3 nitrogen and oxygen atoms in total. The third-order valence-corrected chi connectivity index (χ3v) is 3.09. The highest BCUT2D eigenvalue weighted by Crippen LogP contribution is 2.23. The number of anilines is 1. The Labute approximate surface area is 108 Å². The van der Waals surface area contributed by atoms with Gasteiger partial charge in [0.1, 0.15) is 0 Å². The number of rotatable bonds is 4. The van der Waals surface area contributed by atoms with Crippen molar-refractivity contribution in [3.63, 3.8) is 0 Å². The number of hydrogen-bond acceptors (Lipinski definition) is 3. The van der Waals surface area contributed by atoms with Gasteiger partial charge in [0.2, 0.25) is 0 Å². The van der Waals surface area contributed by atoms with Gasteiger partial charge in [-0.2, -0.15) is 13.2 Å². The zero-order valence-corrected chi connectivity index (χ0v) is 10.3. The minimum absolute atomic E-state index is 0.0868. The summed E-state index contributed by atoms with van der Waals surface area (Å²) in [5.41, 5.74) is 0. The van der Waals surface area contributed by atoms with Gasteiger partial charge in [0, 0.05) is 19.3 Å². The molecule has 1 N–H and O–H groups in total. The van der Waals surface area contributed by atoms with Crippen molar-refractivity contribution in [3.05, 3.63) is 24.1 Å². The fourth-order valence-electron chi connectivity index (χ4n) is 2.23. The molecule has 0 amide bonds. The summed E-state index contributed by atoms with van der Waals surface area (Å²) in [5, 5.41) is 2.84. The Morgan fingerprint density at radius 3 is 2.89 bits per heavy atom. The molecule has 1 atom stereocenters. The second kappa shape index (κ2) is 5.73. The van der Waals surface area contributed by atoms with Crippen molar-refractivity contribution in [2.45, 2.75) is 12.6 Å². The molecule has 2 rings (SSSR count). The molecule has 0 saturated carbocycles. The molecule has 106 valence electrons. The minimum Gasteiger partial charge on any atom is -0.367 e. The molecule has 1 aromatic rings. The lowest BCUT2D eigenvalue weighted by Crippen LogP contribution is -2.33. The first-order chi connectivity index (χ1) is 8.94. The summed E-state index contributed by atoms with van der Waals surface area (Å²) in [5.74, 6) is -0.215. The highest BCUT2D eigenvalue weighted by Gasteiger charge is 2.34. The quantitative estimate of drug-likeness (QED) is 0.857. The van der Waals surface area contributed by atoms with Crippen molar-refractivity contribution in [2.75, 3.05) is 31.5 Å². The second-order valence-corrected chi connectivity index (χ2v) is 4.72. The van der Waals surface area contributed by atoms with Crippen LogP contribution in [0.3, 0.4) is 0 Å². The highest BCUT2D eigenvalue weighted by molar-refractivity contribution is 5.35. The fraction of sp³-hybridized carbons (Fsp3) is 0.583. The van der Waals surface area contributed by atoms with Gasteiger partial charge in [0.15, 0.2) is 11.6 Å². The van der Waals surface area contributed by atoms with E-state index in [1.54, 1.807) is 0 Å². The van der Waals surface area contributed by atoms with E-state index in [4.69, 9.17) is 0 Å². The van der Waals surface area contributed by atoms with Crippen LogP contribution in [0.1, 0.15) is 6.42 Å². The van der Waals surface area contributed by atoms with Gasteiger partial charge in [-0.3, -0.25) is 4.90 Å². The number of likely N-dealkylation sites (tertiary alicyclic amines) is 1. The molecule has 1 aliphatic rings. The van der Waals surface area contributed by atoms with Gasteiger partial charge in [0.05, 0.1) is 6.54 Å². The minimum atomic E-state index is -4.16. The van der Waals surface area contributed by atoms with Gasteiger partial charge in [-0.05, 0) is 31.0 Å². The topological polar surface area (TPSA) is 28.2 Å². The van der Waals surface area contributed by atoms with E-state index in [9.17, 15) is 17.6 Å². The largest absolute Gasteiger partial charge is 0.401 e. The number of aromatic nitrogens is 1. The lowest BCUT2D eigenvalue weighted by molar-refractivity contribution is -0.143. The van der Waals surface area contributed by atoms with Crippen LogP contribution in [0.4, 0.5) is 23.4 Å². The molecule has 0 bridgehead atoms. The zero-order chi connectivity index (χ0) is 13.9. The predicted octanol–water partition coefficient (Wildman–Crippen LogP) is 2.52. The van der Waals surface area contributed by atoms with Crippen LogP contribution in [0, 0.1) is 11.7 Å². The molecule has 1 aliphatic heterocycles. The van der Waals surface area contributed by atoms with Gasteiger partial charge in [-0.15, -0.1) is 0 Å². The Morgan fingerprint density at radius 2 is 2.21 bits per heavy atom. The number of halogens is 4. The van der Waals surface area contributed by atoms with Gasteiger partial charge in [-0.1, -0.05) is 0 Å². The van der Waals surface area contributed by atoms with E-state index in [1.165, 1.54) is 23.2 Å². The van der Waals surface area contributed by atoms with Gasteiger partial charge < -0.3 is 5.32 Å². The van der Waals surface area contributed by atoms with Gasteiger partial charge >= 0.3 is 6.18 Å². The van der Waals surface area contributed by atoms with Crippen molar-refractivity contribution in [1.29, 1.82) is 0 Å². The molecule has 1 saturated heterocycles. The molecule has 1 fully saturated rings. The van der Waals surface area contributed by atoms with Gasteiger partial charge in [0.25, 0.3) is 0 Å². The standard InChI is InChI=1S/C12H15F4N3/c13-10-2-1-4-17-11(10)18-6-9-3-5-19(7-9)8-12(14,15)16/h1-2,4,9H,3,5-8H2,(H,17,18). The van der Waals surface area contributed by atoms with E-state index in [2.05, 4.69) is 10.3 Å². The van der Waals surface area contributed by atoms with Crippen LogP contribution in [0.25, 0.3) is 0 Å². The third-order valence-electron chi connectivity index (χ3n) is 3.09. The molecule has 1 unspecified atom stereocenters. The molecule has 19 heavy (non-hydrogen) atoms. The Balaban J connectivity index is 1.78. The van der Waals surface area contributed by atoms with Crippen molar-refractivity contribution in [3.8, 4) is 0 Å². The predicted molar refractivity (Wildman–Crippen MR) is 63.3 cm³/mol. The second-order valence-electron chi connectivity index (χ2n) is 4.72. The van der Waals surface area contributed by atoms with E-state index < -0.39 is 18.5 Å². The van der Waals surface area contributed by atoms with Crippen LogP contribution in [0.5, 0.6) is 0 Å². The first-order valence-electron chi connectivity index (χ1n) is 6.07. The van der Waals surface area contributed by atoms with Crippen molar-refractivity contribution >= 4 is 5.82 Å². The third kappa shape index (κ3) is 4.34. The van der Waals surface area contributed by atoms with Crippen LogP contribution < -0.4 is 5.32 Å². The lowest BCUT2D eigenvalue weighted by Gasteiger charge is -2.18. The van der Waals surface area contributed by atoms with Crippen molar-refractivity contribution < 1.29 is 17.6 Å². The maximum atomic E-state index is 13.3. The Morgan fingerprint density at radius 1 is 1.42 bits per heavy atom. The van der Waals surface area contributed by atoms with Crippen LogP contribution in [-0.2, 0) is 0 Å². The smallest absolute Gasteiger partial charge is 0.367 e. The maximum Gasteiger partial charge on any atom is 0.401 e. The molecular weight excluding hydrogens is 262 g/mol. The summed E-state index contributed by atoms with van der Waals surface area (Å²) >= 11 is 0. The first-order valence-corrected chi connectivity index (χ1v) is 6.07. The monoisotopic (exact) mass is 277 g/mol. The summed E-state index contributed by atoms with van der Waals surface area (Å²) in [4.78, 5) is 5.21. The Bertz CT molecular complexity index is 422. The molecule has 0 radical (unpaired) electrons. The summed E-state index contributed by atoms with van der Waals surface area (Å²) < 4.78 is 49.9. The molecule has 2 heterocycles. The van der Waals surface area contributed by atoms with E-state index in [0.717, 1.165) is 0 Å². The van der Waals surface area contributed by atoms with Crippen LogP contribution in [0.2, 0.25) is 0 Å². The first kappa shape index (κ1) is 14.0. The average molecular weight is 277 g/mol. The number of pyridine rings is 1. The molecule has 7 heteroatoms. The molecular formula is C12H15F4N3. The summed E-state index contributed by atoms with van der Waals surface area (Å²) in [6, 6.07) is 2.78. The van der Waals surface area contributed by atoms with E-state index in [0.29, 0.717) is 26.1 Å². The fourth-order valence-corrected chi connectivity index (χ4v) is 2.23. The molecule has 0 aliphatic carbocycles. The van der Waals surface area contributed by atoms with E-state index in [-0.39, 0.29) is 11.7 Å². The summed E-state index contributed by atoms with van der Waals surface area (Å²) in [6.07, 6.45) is -2.01. The van der Waals surface area contributed by atoms with Crippen molar-refractivity contribution in [1.82, 2.24) is 9.88 Å². The molecule has 1 aromatic heterocycles. The zero-order valence-electron chi connectivity index (χ0n) is 10.3. The maximum absolute atomic E-state index is 13.3. The number of hydrogen-bond donors (Lipinski definition) is 1. The van der Waals surface area contributed by atoms with Crippen LogP contribution >= 0.6 is 0 Å². The summed E-state index contributed by atoms with van der Waals surface area (Å²) in [6.45, 7) is 0.362. The Hall–Kier alpha value is -1.37. The van der Waals surface area contributed by atoms with Crippen molar-refractivity contribution in [2.24, 2.45) is 5.92 Å². The normalized spacial score (nSPS) is 20.7. The van der Waals surface area contributed by atoms with E-state index >= 15 is 0 Å². The lowest BCUT2D eigenvalue weighted by atomic mass is 10.1. The average Bonchev–Trinajstić information content (AvgIpc) is 2.73. The molecule has 0 spiro atoms. The Kier molecular flexibility index (Phi) is 4.24. The number of alkyl halides is 3.